The van der Waals surface area contributed by atoms with E-state index in [9.17, 15) is 24.0 Å². The van der Waals surface area contributed by atoms with Crippen molar-refractivity contribution >= 4 is 117 Å². The number of hydrogen-bond acceptors (Lipinski definition) is 26. The van der Waals surface area contributed by atoms with Gasteiger partial charge in [-0.3, -0.25) is 0 Å². The first kappa shape index (κ1) is 87.9. The van der Waals surface area contributed by atoms with Crippen LogP contribution in [0.2, 0.25) is 0 Å². The smallest absolute Gasteiger partial charge is 0.338 e. The zero-order valence-corrected chi connectivity index (χ0v) is 71.4. The summed E-state index contributed by atoms with van der Waals surface area (Å²) >= 11 is 0. The Bertz CT molecular complexity index is 6390. The van der Waals surface area contributed by atoms with Crippen LogP contribution in [-0.4, -0.2) is 119 Å². The maximum absolute atomic E-state index is 12.2. The molecule has 0 radical (unpaired) electrons. The van der Waals surface area contributed by atoms with Gasteiger partial charge in [0.05, 0.1) is 99.5 Å². The number of aryl methyl sites for hydroxylation is 1. The Morgan fingerprint density at radius 3 is 0.803 bits per heavy atom. The zero-order chi connectivity index (χ0) is 87.4. The molecule has 5 aromatic heterocycles. The lowest BCUT2D eigenvalue weighted by Crippen LogP contribution is -2.21. The Kier molecular flexibility index (Phi) is 29.2. The Morgan fingerprint density at radius 2 is 0.508 bits per heavy atom. The van der Waals surface area contributed by atoms with Crippen LogP contribution >= 0.6 is 0 Å². The van der Waals surface area contributed by atoms with Crippen molar-refractivity contribution in [3.8, 4) is 57.5 Å². The van der Waals surface area contributed by atoms with E-state index in [1.807, 2.05) is 205 Å². The molecule has 0 saturated carbocycles. The summed E-state index contributed by atoms with van der Waals surface area (Å²) in [7, 11) is 25.2. The van der Waals surface area contributed by atoms with Crippen molar-refractivity contribution in [3.63, 3.8) is 0 Å². The van der Waals surface area contributed by atoms with Crippen molar-refractivity contribution in [1.82, 2.24) is 0 Å². The summed E-state index contributed by atoms with van der Waals surface area (Å²) in [6.07, 6.45) is 1.01. The number of methoxy groups -OCH3 is 10. The van der Waals surface area contributed by atoms with Gasteiger partial charge in [-0.15, -0.1) is 0 Å². The number of hydrogen-bond donors (Lipinski definition) is 0. The first-order chi connectivity index (χ1) is 59.0. The molecule has 632 valence electrons. The van der Waals surface area contributed by atoms with Crippen molar-refractivity contribution in [1.29, 1.82) is 0 Å². The second-order valence-electron chi connectivity index (χ2n) is 27.3. The molecule has 10 aromatic carbocycles. The van der Waals surface area contributed by atoms with Gasteiger partial charge in [0.2, 0.25) is 11.5 Å². The molecule has 26 nitrogen and oxygen atoms in total. The fraction of sp³-hybridized carbons (Fsp3) is 0.219. The van der Waals surface area contributed by atoms with E-state index in [0.29, 0.717) is 79.6 Å². The summed E-state index contributed by atoms with van der Waals surface area (Å²) in [5.41, 5.74) is 11.4. The quantitative estimate of drug-likeness (QED) is 0.0509. The first-order valence-electron chi connectivity index (χ1n) is 38.8. The highest BCUT2D eigenvalue weighted by molar-refractivity contribution is 5.97. The molecule has 0 aliphatic heterocycles. The van der Waals surface area contributed by atoms with E-state index in [1.54, 1.807) is 101 Å². The number of rotatable bonds is 24. The van der Waals surface area contributed by atoms with E-state index < -0.39 is 16.9 Å². The maximum Gasteiger partial charge on any atom is 0.338 e. The first-order valence-corrected chi connectivity index (χ1v) is 38.8. The maximum atomic E-state index is 12.2. The van der Waals surface area contributed by atoms with Gasteiger partial charge in [-0.1, -0.05) is 43.3 Å². The predicted octanol–water partition coefficient (Wildman–Crippen LogP) is 19.3. The summed E-state index contributed by atoms with van der Waals surface area (Å²) < 4.78 is 79.7. The minimum atomic E-state index is -0.454. The molecule has 0 aliphatic carbocycles. The molecule has 0 atom stereocenters. The van der Waals surface area contributed by atoms with Crippen molar-refractivity contribution in [2.75, 3.05) is 149 Å². The van der Waals surface area contributed by atoms with Crippen LogP contribution in [0.15, 0.2) is 277 Å². The summed E-state index contributed by atoms with van der Waals surface area (Å²) in [5, 5.41) is 4.27. The molecule has 0 unspecified atom stereocenters. The van der Waals surface area contributed by atoms with Gasteiger partial charge >= 0.3 is 28.1 Å². The largest absolute Gasteiger partial charge is 0.497 e. The molecule has 0 N–H and O–H groups in total. The molecule has 0 fully saturated rings. The van der Waals surface area contributed by atoms with Crippen molar-refractivity contribution in [2.45, 2.75) is 27.2 Å². The summed E-state index contributed by atoms with van der Waals surface area (Å²) in [6, 6.07) is 70.2. The van der Waals surface area contributed by atoms with Gasteiger partial charge in [0.15, 0.2) is 23.0 Å². The normalized spacial score (nSPS) is 10.6. The van der Waals surface area contributed by atoms with E-state index in [-0.39, 0.29) is 11.3 Å². The number of para-hydroxylation sites is 2. The Balaban J connectivity index is 0.000000149. The Morgan fingerprint density at radius 1 is 0.246 bits per heavy atom. The third-order valence-corrected chi connectivity index (χ3v) is 20.5. The van der Waals surface area contributed by atoms with Gasteiger partial charge in [-0.05, 0) is 147 Å². The highest BCUT2D eigenvalue weighted by Crippen LogP contribution is 2.46. The van der Waals surface area contributed by atoms with Gasteiger partial charge in [0.1, 0.15) is 50.9 Å². The van der Waals surface area contributed by atoms with Crippen LogP contribution in [0.1, 0.15) is 26.3 Å². The summed E-state index contributed by atoms with van der Waals surface area (Å²) in [4.78, 5) is 71.7. The van der Waals surface area contributed by atoms with Gasteiger partial charge in [0, 0.05) is 182 Å². The molecule has 0 aliphatic rings. The average Bonchev–Trinajstić information content (AvgIpc) is 0.765. The van der Waals surface area contributed by atoms with E-state index >= 15 is 0 Å². The molecular formula is C96H98N6O20. The molecule has 26 heteroatoms. The monoisotopic (exact) mass is 1650 g/mol. The van der Waals surface area contributed by atoms with Crippen LogP contribution in [0.5, 0.6) is 57.5 Å². The highest BCUT2D eigenvalue weighted by Gasteiger charge is 2.23. The Labute approximate surface area is 705 Å². The van der Waals surface area contributed by atoms with Crippen LogP contribution in [-0.2, 0) is 6.42 Å². The number of anilines is 11. The number of fused-ring (bicyclic) bond motifs is 5. The van der Waals surface area contributed by atoms with Crippen molar-refractivity contribution < 1.29 is 69.5 Å². The van der Waals surface area contributed by atoms with Crippen LogP contribution in [0.3, 0.4) is 0 Å². The molecule has 122 heavy (non-hydrogen) atoms. The fourth-order valence-corrected chi connectivity index (χ4v) is 13.8. The topological polar surface area (TPSA) is 263 Å². The van der Waals surface area contributed by atoms with Gasteiger partial charge in [0.25, 0.3) is 0 Å². The van der Waals surface area contributed by atoms with Gasteiger partial charge < -0.3 is 98.9 Å². The van der Waals surface area contributed by atoms with Crippen LogP contribution in [0, 0.1) is 0 Å². The summed E-state index contributed by atoms with van der Waals surface area (Å²) in [5.74, 6) is 5.96. The summed E-state index contributed by atoms with van der Waals surface area (Å²) in [6.45, 7) is 8.20. The van der Waals surface area contributed by atoms with Crippen molar-refractivity contribution in [3.05, 3.63) is 288 Å². The third-order valence-electron chi connectivity index (χ3n) is 20.5. The highest BCUT2D eigenvalue weighted by atomic mass is 16.5. The number of benzene rings is 10. The zero-order valence-electron chi connectivity index (χ0n) is 71.4. The molecule has 0 amide bonds. The second-order valence-corrected chi connectivity index (χ2v) is 27.3. The van der Waals surface area contributed by atoms with Crippen LogP contribution in [0.4, 0.5) is 62.6 Å². The minimum Gasteiger partial charge on any atom is -0.497 e. The van der Waals surface area contributed by atoms with Crippen LogP contribution < -0.4 is 105 Å². The van der Waals surface area contributed by atoms with Gasteiger partial charge in [-0.2, -0.15) is 0 Å². The molecular weight excluding hydrogens is 1560 g/mol. The molecule has 15 rings (SSSR count). The van der Waals surface area contributed by atoms with E-state index in [2.05, 4.69) is 56.0 Å². The molecule has 5 heterocycles. The second kappa shape index (κ2) is 40.5. The molecule has 0 spiro atoms. The SMILES string of the molecule is CCc1ccc(N(C)c2cc(=O)oc3cc(N(CC)CC)ccc23)cc1.COc1cc(N(C)c2cc(=O)oc3ccccc23)cc(OC)c1OC.COc1ccc(N(C)c2cc(=O)oc3cc(OC)ccc23)cc1.COc1ccc(N(C)c2cc(=O)oc3ccccc23)cc1.COc1ccc2c(N(C)c3cc(OC)c(OC)c(OC)c3)cc(=O)oc2c1. The van der Waals surface area contributed by atoms with Crippen molar-refractivity contribution in [2.24, 2.45) is 0 Å². The lowest BCUT2D eigenvalue weighted by molar-refractivity contribution is 0.324. The lowest BCUT2D eigenvalue weighted by Gasteiger charge is -2.23. The average molecular weight is 1660 g/mol. The standard InChI is InChI=1S/C22H26N2O2.C20H21NO6.C19H19NO5.C18H17NO4.C17H15NO3/c1-5-16-8-10-17(11-9-16)23(4)20-15-22(25)26-21-14-18(12-13-19(20)21)24(6-2)7-3;1-21(12-8-17(24-3)20(26-5)18(9-12)25-4)15-11-19(22)27-16-10-13(23-2)6-7-14(15)16;1-20(12-9-16(22-2)19(24-4)17(10-12)23-3)14-11-18(21)25-15-8-6-5-7-13(14)15;1-19(12-4-6-13(21-2)7-5-12)16-11-18(20)23-17-10-14(22-3)8-9-15(16)17;1-18(12-7-9-13(20-2)10-8-12)15-11-17(19)21-16-6-4-3-5-14(15)16/h8-15H,5-7H2,1-4H3;6-11H,1-5H3;5-11H,1-4H3;4-11H,1-3H3;3-11H,1-2H3. The lowest BCUT2D eigenvalue weighted by atomic mass is 10.1. The third kappa shape index (κ3) is 20.1. The molecule has 0 saturated heterocycles. The number of nitrogens with zero attached hydrogens (tertiary/aromatic N) is 6. The minimum absolute atomic E-state index is 0.332. The molecule has 0 bridgehead atoms. The van der Waals surface area contributed by atoms with Crippen LogP contribution in [0.25, 0.3) is 54.8 Å². The van der Waals surface area contributed by atoms with E-state index in [4.69, 9.17) is 69.5 Å². The van der Waals surface area contributed by atoms with Gasteiger partial charge in [-0.25, -0.2) is 24.0 Å². The predicted molar refractivity (Wildman–Crippen MR) is 483 cm³/mol. The fourth-order valence-electron chi connectivity index (χ4n) is 13.8. The number of ether oxygens (including phenoxy) is 10. The Hall–Kier alpha value is -15.0. The molecule has 15 aromatic rings. The van der Waals surface area contributed by atoms with E-state index in [1.165, 1.54) is 29.8 Å². The van der Waals surface area contributed by atoms with E-state index in [0.717, 1.165) is 115 Å².